The number of Topliss-reactive ketones (excluding diaryl/α,β-unsaturated/α-hetero) is 1. The maximum absolute atomic E-state index is 12.9. The van der Waals surface area contributed by atoms with Crippen molar-refractivity contribution in [2.45, 2.75) is 6.92 Å². The number of rotatable bonds is 4. The Kier molecular flexibility index (Phi) is 4.49. The summed E-state index contributed by atoms with van der Waals surface area (Å²) >= 11 is 1.32. The van der Waals surface area contributed by atoms with E-state index in [1.54, 1.807) is 30.3 Å². The predicted molar refractivity (Wildman–Crippen MR) is 103 cm³/mol. The van der Waals surface area contributed by atoms with E-state index in [1.807, 2.05) is 13.0 Å². The second-order valence-corrected chi connectivity index (χ2v) is 7.63. The largest absolute Gasteiger partial charge is 0.454 e. The Bertz CT molecular complexity index is 1160. The molecule has 0 spiro atoms. The van der Waals surface area contributed by atoms with E-state index in [1.165, 1.54) is 29.5 Å². The van der Waals surface area contributed by atoms with Gasteiger partial charge in [0.25, 0.3) is 0 Å². The molecule has 4 rings (SSSR count). The van der Waals surface area contributed by atoms with Gasteiger partial charge < -0.3 is 4.74 Å². The van der Waals surface area contributed by atoms with Crippen LogP contribution in [-0.2, 0) is 4.74 Å². The van der Waals surface area contributed by atoms with E-state index in [4.69, 9.17) is 4.74 Å². The summed E-state index contributed by atoms with van der Waals surface area (Å²) in [4.78, 5) is 51.9. The van der Waals surface area contributed by atoms with Gasteiger partial charge in [0, 0.05) is 27.1 Å². The molecule has 1 aliphatic carbocycles. The Morgan fingerprint density at radius 1 is 0.857 bits per heavy atom. The quantitative estimate of drug-likeness (QED) is 0.390. The number of ether oxygens (including phenoxy) is 1. The summed E-state index contributed by atoms with van der Waals surface area (Å²) in [6, 6.07) is 14.5. The van der Waals surface area contributed by atoms with Crippen molar-refractivity contribution in [3.05, 3.63) is 92.2 Å². The summed E-state index contributed by atoms with van der Waals surface area (Å²) in [7, 11) is 0. The SMILES string of the molecule is Cc1ccc(C(=O)COC(=O)c2cccc3c2C(=O)c2ccccc2C3=O)s1. The molecule has 6 heteroatoms. The van der Waals surface area contributed by atoms with Crippen LogP contribution in [0.25, 0.3) is 0 Å². The van der Waals surface area contributed by atoms with Crippen LogP contribution in [-0.4, -0.2) is 29.9 Å². The summed E-state index contributed by atoms with van der Waals surface area (Å²) in [6.45, 7) is 1.45. The summed E-state index contributed by atoms with van der Waals surface area (Å²) in [5, 5.41) is 0. The Morgan fingerprint density at radius 2 is 1.54 bits per heavy atom. The van der Waals surface area contributed by atoms with Crippen molar-refractivity contribution in [1.29, 1.82) is 0 Å². The average molecular weight is 390 g/mol. The van der Waals surface area contributed by atoms with E-state index < -0.39 is 18.4 Å². The van der Waals surface area contributed by atoms with E-state index in [9.17, 15) is 19.2 Å². The summed E-state index contributed by atoms with van der Waals surface area (Å²) in [5.74, 6) is -1.84. The first kappa shape index (κ1) is 18.0. The average Bonchev–Trinajstić information content (AvgIpc) is 3.16. The van der Waals surface area contributed by atoms with Crippen LogP contribution in [0.4, 0.5) is 0 Å². The van der Waals surface area contributed by atoms with Gasteiger partial charge >= 0.3 is 5.97 Å². The minimum absolute atomic E-state index is 0.0134. The summed E-state index contributed by atoms with van der Waals surface area (Å²) in [6.07, 6.45) is 0. The first-order valence-electron chi connectivity index (χ1n) is 8.55. The normalized spacial score (nSPS) is 12.3. The number of thiophene rings is 1. The lowest BCUT2D eigenvalue weighted by molar-refractivity contribution is 0.0474. The van der Waals surface area contributed by atoms with Crippen molar-refractivity contribution < 1.29 is 23.9 Å². The number of ketones is 3. The molecule has 0 fully saturated rings. The third-order valence-corrected chi connectivity index (χ3v) is 5.56. The van der Waals surface area contributed by atoms with Gasteiger partial charge in [-0.05, 0) is 25.1 Å². The van der Waals surface area contributed by atoms with Crippen molar-refractivity contribution in [2.75, 3.05) is 6.61 Å². The first-order valence-corrected chi connectivity index (χ1v) is 9.37. The number of hydrogen-bond donors (Lipinski definition) is 0. The molecule has 0 amide bonds. The highest BCUT2D eigenvalue weighted by molar-refractivity contribution is 7.14. The minimum Gasteiger partial charge on any atom is -0.454 e. The van der Waals surface area contributed by atoms with Crippen LogP contribution in [0, 0.1) is 6.92 Å². The van der Waals surface area contributed by atoms with Gasteiger partial charge in [-0.2, -0.15) is 0 Å². The lowest BCUT2D eigenvalue weighted by atomic mass is 9.82. The van der Waals surface area contributed by atoms with Gasteiger partial charge in [0.15, 0.2) is 18.2 Å². The third-order valence-electron chi connectivity index (χ3n) is 4.52. The molecular formula is C22H14O5S. The molecule has 138 valence electrons. The lowest BCUT2D eigenvalue weighted by Gasteiger charge is -2.19. The molecule has 0 bridgehead atoms. The van der Waals surface area contributed by atoms with Crippen LogP contribution in [0.15, 0.2) is 54.6 Å². The predicted octanol–water partition coefficient (Wildman–Crippen LogP) is 3.87. The van der Waals surface area contributed by atoms with Gasteiger partial charge in [-0.1, -0.05) is 36.4 Å². The van der Waals surface area contributed by atoms with Gasteiger partial charge in [-0.25, -0.2) is 4.79 Å². The molecule has 5 nitrogen and oxygen atoms in total. The Balaban J connectivity index is 1.63. The molecule has 2 aromatic carbocycles. The molecule has 0 N–H and O–H groups in total. The van der Waals surface area contributed by atoms with Crippen LogP contribution in [0.1, 0.15) is 56.7 Å². The molecule has 3 aromatic rings. The van der Waals surface area contributed by atoms with Gasteiger partial charge in [0.05, 0.1) is 10.4 Å². The maximum Gasteiger partial charge on any atom is 0.339 e. The van der Waals surface area contributed by atoms with Crippen LogP contribution in [0.2, 0.25) is 0 Å². The smallest absolute Gasteiger partial charge is 0.339 e. The molecule has 0 atom stereocenters. The number of hydrogen-bond acceptors (Lipinski definition) is 6. The second-order valence-electron chi connectivity index (χ2n) is 6.34. The lowest BCUT2D eigenvalue weighted by Crippen LogP contribution is -2.25. The van der Waals surface area contributed by atoms with E-state index in [2.05, 4.69) is 0 Å². The fourth-order valence-electron chi connectivity index (χ4n) is 3.18. The number of carbonyl (C=O) groups excluding carboxylic acids is 4. The number of esters is 1. The standard InChI is InChI=1S/C22H14O5S/c1-12-9-10-18(28-12)17(23)11-27-22(26)16-8-4-7-15-19(16)21(25)14-6-3-2-5-13(14)20(15)24/h2-10H,11H2,1H3. The molecule has 1 aliphatic rings. The van der Waals surface area contributed by atoms with Crippen LogP contribution < -0.4 is 0 Å². The summed E-state index contributed by atoms with van der Waals surface area (Å²) in [5.41, 5.74) is 0.744. The molecular weight excluding hydrogens is 376 g/mol. The van der Waals surface area contributed by atoms with E-state index in [-0.39, 0.29) is 33.8 Å². The van der Waals surface area contributed by atoms with Crippen molar-refractivity contribution in [3.8, 4) is 0 Å². The number of benzene rings is 2. The molecule has 28 heavy (non-hydrogen) atoms. The number of aryl methyl sites for hydroxylation is 1. The molecule has 0 unspecified atom stereocenters. The highest BCUT2D eigenvalue weighted by atomic mass is 32.1. The monoisotopic (exact) mass is 390 g/mol. The zero-order valence-corrected chi connectivity index (χ0v) is 15.7. The van der Waals surface area contributed by atoms with E-state index >= 15 is 0 Å². The first-order chi connectivity index (χ1) is 13.5. The minimum atomic E-state index is -0.806. The number of carbonyl (C=O) groups is 4. The molecule has 0 radical (unpaired) electrons. The van der Waals surface area contributed by atoms with Gasteiger partial charge in [0.1, 0.15) is 0 Å². The summed E-state index contributed by atoms with van der Waals surface area (Å²) < 4.78 is 5.15. The van der Waals surface area contributed by atoms with Crippen molar-refractivity contribution in [3.63, 3.8) is 0 Å². The maximum atomic E-state index is 12.9. The molecule has 1 heterocycles. The van der Waals surface area contributed by atoms with Crippen molar-refractivity contribution in [1.82, 2.24) is 0 Å². The van der Waals surface area contributed by atoms with E-state index in [0.717, 1.165) is 4.88 Å². The fraction of sp³-hybridized carbons (Fsp3) is 0.0909. The Labute approximate surface area is 164 Å². The molecule has 1 aromatic heterocycles. The molecule has 0 saturated carbocycles. The van der Waals surface area contributed by atoms with Gasteiger partial charge in [-0.3, -0.25) is 14.4 Å². The number of fused-ring (bicyclic) bond motifs is 2. The fourth-order valence-corrected chi connectivity index (χ4v) is 3.97. The third kappa shape index (κ3) is 2.97. The van der Waals surface area contributed by atoms with Crippen molar-refractivity contribution in [2.24, 2.45) is 0 Å². The zero-order valence-electron chi connectivity index (χ0n) is 14.9. The van der Waals surface area contributed by atoms with E-state index in [0.29, 0.717) is 10.4 Å². The highest BCUT2D eigenvalue weighted by Crippen LogP contribution is 2.29. The Morgan fingerprint density at radius 3 is 2.21 bits per heavy atom. The Hall–Kier alpha value is -3.38. The van der Waals surface area contributed by atoms with Gasteiger partial charge in [-0.15, -0.1) is 11.3 Å². The molecule has 0 saturated heterocycles. The second kappa shape index (κ2) is 6.98. The van der Waals surface area contributed by atoms with Crippen LogP contribution in [0.3, 0.4) is 0 Å². The van der Waals surface area contributed by atoms with Gasteiger partial charge in [0.2, 0.25) is 5.78 Å². The van der Waals surface area contributed by atoms with Crippen LogP contribution >= 0.6 is 11.3 Å². The zero-order chi connectivity index (χ0) is 19.8. The molecule has 0 aliphatic heterocycles. The van der Waals surface area contributed by atoms with Crippen molar-refractivity contribution >= 4 is 34.7 Å². The van der Waals surface area contributed by atoms with Crippen LogP contribution in [0.5, 0.6) is 0 Å². The highest BCUT2D eigenvalue weighted by Gasteiger charge is 2.33. The topological polar surface area (TPSA) is 77.5 Å².